The molecule has 3 aromatic rings. The molecule has 1 heterocycles. The Bertz CT molecular complexity index is 954. The van der Waals surface area contributed by atoms with Gasteiger partial charge in [-0.15, -0.1) is 0 Å². The fourth-order valence-corrected chi connectivity index (χ4v) is 3.54. The van der Waals surface area contributed by atoms with Gasteiger partial charge in [0.15, 0.2) is 0 Å². The summed E-state index contributed by atoms with van der Waals surface area (Å²) in [4.78, 5) is 11.5. The molecule has 0 atom stereocenters. The lowest BCUT2D eigenvalue weighted by atomic mass is 10.0. The molecule has 0 saturated heterocycles. The molecule has 134 valence electrons. The fourth-order valence-electron chi connectivity index (χ4n) is 3.54. The van der Waals surface area contributed by atoms with Crippen molar-refractivity contribution in [1.82, 2.24) is 4.57 Å². The molecule has 4 rings (SSSR count). The lowest BCUT2D eigenvalue weighted by molar-refractivity contribution is -0.117. The number of carbonyl (C=O) groups excluding carboxylic acids is 1. The summed E-state index contributed by atoms with van der Waals surface area (Å²) in [6, 6.07) is 14.6. The van der Waals surface area contributed by atoms with E-state index in [2.05, 4.69) is 41.1 Å². The first kappa shape index (κ1) is 16.7. The maximum atomic E-state index is 11.5. The average molecular weight is 348 g/mol. The van der Waals surface area contributed by atoms with Crippen molar-refractivity contribution >= 4 is 16.8 Å². The van der Waals surface area contributed by atoms with Crippen molar-refractivity contribution in [2.45, 2.75) is 32.7 Å². The molecule has 1 aromatic heterocycles. The van der Waals surface area contributed by atoms with E-state index in [1.165, 1.54) is 18.4 Å². The second-order valence-corrected chi connectivity index (χ2v) is 7.09. The lowest BCUT2D eigenvalue weighted by Crippen LogP contribution is -2.13. The minimum atomic E-state index is -0.292. The second-order valence-electron chi connectivity index (χ2n) is 7.09. The molecule has 0 aliphatic heterocycles. The van der Waals surface area contributed by atoms with Crippen molar-refractivity contribution in [2.75, 3.05) is 6.61 Å². The Morgan fingerprint density at radius 2 is 2.00 bits per heavy atom. The van der Waals surface area contributed by atoms with Crippen molar-refractivity contribution < 1.29 is 9.53 Å². The Morgan fingerprint density at radius 3 is 2.73 bits per heavy atom. The number of ether oxygens (including phenoxy) is 1. The van der Waals surface area contributed by atoms with E-state index in [0.29, 0.717) is 6.61 Å². The minimum Gasteiger partial charge on any atom is -0.494 e. The Hall–Kier alpha value is -2.75. The highest BCUT2D eigenvalue weighted by atomic mass is 16.5. The average Bonchev–Trinajstić information content (AvgIpc) is 3.38. The first-order chi connectivity index (χ1) is 12.6. The van der Waals surface area contributed by atoms with Gasteiger partial charge in [-0.1, -0.05) is 18.2 Å². The van der Waals surface area contributed by atoms with E-state index in [9.17, 15) is 4.79 Å². The van der Waals surface area contributed by atoms with Crippen LogP contribution in [0.1, 0.15) is 25.3 Å². The van der Waals surface area contributed by atoms with Gasteiger partial charge in [-0.25, -0.2) is 0 Å². The summed E-state index contributed by atoms with van der Waals surface area (Å²) < 4.78 is 7.90. The van der Waals surface area contributed by atoms with Crippen LogP contribution < -0.4 is 10.5 Å². The van der Waals surface area contributed by atoms with Crippen LogP contribution in [-0.2, 0) is 17.8 Å². The topological polar surface area (TPSA) is 57.2 Å². The molecule has 1 fully saturated rings. The van der Waals surface area contributed by atoms with E-state index in [1.54, 1.807) is 0 Å². The van der Waals surface area contributed by atoms with Crippen LogP contribution in [0.3, 0.4) is 0 Å². The number of nitrogens with zero attached hydrogens (tertiary/aromatic N) is 1. The number of carbonyl (C=O) groups is 1. The number of amides is 1. The van der Waals surface area contributed by atoms with E-state index >= 15 is 0 Å². The molecule has 0 bridgehead atoms. The summed E-state index contributed by atoms with van der Waals surface area (Å²) in [6.07, 6.45) is 4.98. The van der Waals surface area contributed by atoms with Crippen molar-refractivity contribution in [3.63, 3.8) is 0 Å². The molecule has 0 radical (unpaired) electrons. The van der Waals surface area contributed by atoms with Gasteiger partial charge in [0.05, 0.1) is 13.0 Å². The van der Waals surface area contributed by atoms with Gasteiger partial charge in [0.25, 0.3) is 0 Å². The quantitative estimate of drug-likeness (QED) is 0.697. The van der Waals surface area contributed by atoms with Gasteiger partial charge in [0.1, 0.15) is 5.75 Å². The van der Waals surface area contributed by atoms with Gasteiger partial charge in [-0.3, -0.25) is 4.79 Å². The van der Waals surface area contributed by atoms with E-state index < -0.39 is 0 Å². The zero-order valence-electron chi connectivity index (χ0n) is 15.1. The molecule has 0 spiro atoms. The van der Waals surface area contributed by atoms with Crippen LogP contribution >= 0.6 is 0 Å². The second kappa shape index (κ2) is 6.87. The summed E-state index contributed by atoms with van der Waals surface area (Å²) in [5.74, 6) is 1.35. The Kier molecular flexibility index (Phi) is 4.41. The Balaban J connectivity index is 1.77. The summed E-state index contributed by atoms with van der Waals surface area (Å²) in [7, 11) is 0. The number of nitrogens with two attached hydrogens (primary N) is 1. The molecular weight excluding hydrogens is 324 g/mol. The molecular formula is C22H24N2O2. The van der Waals surface area contributed by atoms with Gasteiger partial charge >= 0.3 is 0 Å². The molecule has 26 heavy (non-hydrogen) atoms. The number of hydrogen-bond acceptors (Lipinski definition) is 2. The summed E-state index contributed by atoms with van der Waals surface area (Å²) in [6.45, 7) is 3.65. The van der Waals surface area contributed by atoms with Crippen molar-refractivity contribution in [3.05, 3.63) is 54.2 Å². The van der Waals surface area contributed by atoms with Gasteiger partial charge in [0, 0.05) is 23.6 Å². The highest BCUT2D eigenvalue weighted by Gasteiger charge is 2.23. The van der Waals surface area contributed by atoms with Crippen LogP contribution in [0.4, 0.5) is 0 Å². The number of fused-ring (bicyclic) bond motifs is 1. The van der Waals surface area contributed by atoms with Crippen LogP contribution in [0.15, 0.2) is 48.7 Å². The predicted octanol–water partition coefficient (Wildman–Crippen LogP) is 4.14. The smallest absolute Gasteiger partial charge is 0.221 e. The van der Waals surface area contributed by atoms with Crippen LogP contribution in [0.2, 0.25) is 0 Å². The molecule has 1 amide bonds. The highest BCUT2D eigenvalue weighted by Crippen LogP contribution is 2.34. The monoisotopic (exact) mass is 348 g/mol. The zero-order valence-corrected chi connectivity index (χ0v) is 15.1. The van der Waals surface area contributed by atoms with Gasteiger partial charge < -0.3 is 15.0 Å². The minimum absolute atomic E-state index is 0.274. The van der Waals surface area contributed by atoms with Crippen LogP contribution in [0, 0.1) is 5.92 Å². The van der Waals surface area contributed by atoms with Crippen molar-refractivity contribution in [3.8, 4) is 16.9 Å². The highest BCUT2D eigenvalue weighted by molar-refractivity contribution is 5.92. The number of rotatable bonds is 7. The molecule has 2 aromatic carbocycles. The van der Waals surface area contributed by atoms with Gasteiger partial charge in [-0.05, 0) is 66.6 Å². The molecule has 1 aliphatic rings. The molecule has 2 N–H and O–H groups in total. The summed E-state index contributed by atoms with van der Waals surface area (Å²) in [5, 5.41) is 1.11. The molecule has 4 heteroatoms. The lowest BCUT2D eigenvalue weighted by Gasteiger charge is -2.08. The molecule has 0 unspecified atom stereocenters. The van der Waals surface area contributed by atoms with Crippen molar-refractivity contribution in [2.24, 2.45) is 11.7 Å². The number of benzene rings is 2. The molecule has 1 saturated carbocycles. The van der Waals surface area contributed by atoms with Crippen LogP contribution in [-0.4, -0.2) is 17.1 Å². The fraction of sp³-hybridized carbons (Fsp3) is 0.318. The van der Waals surface area contributed by atoms with E-state index in [0.717, 1.165) is 40.3 Å². The Morgan fingerprint density at radius 1 is 1.19 bits per heavy atom. The van der Waals surface area contributed by atoms with Crippen LogP contribution in [0.5, 0.6) is 5.75 Å². The summed E-state index contributed by atoms with van der Waals surface area (Å²) >= 11 is 0. The SMILES string of the molecule is CCOc1cccc(-c2ccc3c(c2)c(CC(N)=O)cn3CC2CC2)c1. The van der Waals surface area contributed by atoms with E-state index in [4.69, 9.17) is 10.5 Å². The maximum Gasteiger partial charge on any atom is 0.221 e. The van der Waals surface area contributed by atoms with Gasteiger partial charge in [-0.2, -0.15) is 0 Å². The third-order valence-corrected chi connectivity index (χ3v) is 4.96. The van der Waals surface area contributed by atoms with Gasteiger partial charge in [0.2, 0.25) is 5.91 Å². The standard InChI is InChI=1S/C22H24N2O2/c1-2-26-19-5-3-4-16(10-19)17-8-9-21-20(11-17)18(12-22(23)25)14-24(21)13-15-6-7-15/h3-5,8-11,14-15H,2,6-7,12-13H2,1H3,(H2,23,25). The molecule has 4 nitrogen and oxygen atoms in total. The van der Waals surface area contributed by atoms with Crippen LogP contribution in [0.25, 0.3) is 22.0 Å². The third kappa shape index (κ3) is 3.45. The number of aromatic nitrogens is 1. The van der Waals surface area contributed by atoms with E-state index in [-0.39, 0.29) is 12.3 Å². The number of primary amides is 1. The normalized spacial score (nSPS) is 13.9. The first-order valence-corrected chi connectivity index (χ1v) is 9.27. The van der Waals surface area contributed by atoms with E-state index in [1.807, 2.05) is 19.1 Å². The maximum absolute atomic E-state index is 11.5. The van der Waals surface area contributed by atoms with Crippen molar-refractivity contribution in [1.29, 1.82) is 0 Å². The number of hydrogen-bond donors (Lipinski definition) is 1. The largest absolute Gasteiger partial charge is 0.494 e. The third-order valence-electron chi connectivity index (χ3n) is 4.96. The predicted molar refractivity (Wildman–Crippen MR) is 104 cm³/mol. The molecule has 1 aliphatic carbocycles. The zero-order chi connectivity index (χ0) is 18.1. The Labute approximate surface area is 153 Å². The summed E-state index contributed by atoms with van der Waals surface area (Å²) in [5.41, 5.74) is 9.89. The first-order valence-electron chi connectivity index (χ1n) is 9.27.